The van der Waals surface area contributed by atoms with Gasteiger partial charge in [-0.1, -0.05) is 32.9 Å². The lowest BCUT2D eigenvalue weighted by Crippen LogP contribution is -2.38. The maximum absolute atomic E-state index is 13.4. The Bertz CT molecular complexity index is 1370. The smallest absolute Gasteiger partial charge is 0.412 e. The number of nitrogens with one attached hydrogen (secondary N) is 2. The summed E-state index contributed by atoms with van der Waals surface area (Å²) < 4.78 is 13.0. The van der Waals surface area contributed by atoms with Crippen LogP contribution < -0.4 is 10.6 Å². The minimum Gasteiger partial charge on any atom is -0.444 e. The van der Waals surface area contributed by atoms with E-state index in [4.69, 9.17) is 9.47 Å². The van der Waals surface area contributed by atoms with Crippen LogP contribution in [-0.4, -0.2) is 71.2 Å². The summed E-state index contributed by atoms with van der Waals surface area (Å²) in [6.45, 7) is 16.7. The fraction of sp³-hybridized carbons (Fsp3) is 0.469. The highest BCUT2D eigenvalue weighted by atomic mass is 32.2. The molecule has 2 N–H and O–H groups in total. The highest BCUT2D eigenvalue weighted by Gasteiger charge is 2.19. The van der Waals surface area contributed by atoms with Crippen molar-refractivity contribution in [3.63, 3.8) is 0 Å². The van der Waals surface area contributed by atoms with Crippen molar-refractivity contribution < 1.29 is 19.1 Å². The van der Waals surface area contributed by atoms with Crippen LogP contribution >= 0.6 is 11.8 Å². The quantitative estimate of drug-likeness (QED) is 0.272. The molecule has 1 aromatic heterocycles. The van der Waals surface area contributed by atoms with Crippen LogP contribution in [0.4, 0.5) is 16.2 Å². The van der Waals surface area contributed by atoms with E-state index in [-0.39, 0.29) is 5.91 Å². The molecule has 228 valence electrons. The first-order valence-electron chi connectivity index (χ1n) is 14.6. The van der Waals surface area contributed by atoms with Gasteiger partial charge in [-0.2, -0.15) is 0 Å². The summed E-state index contributed by atoms with van der Waals surface area (Å²) in [6.07, 6.45) is 6.27. The van der Waals surface area contributed by atoms with Gasteiger partial charge in [0.2, 0.25) is 0 Å². The van der Waals surface area contributed by atoms with Gasteiger partial charge in [0.05, 0.1) is 41.9 Å². The van der Waals surface area contributed by atoms with Crippen molar-refractivity contribution in [2.45, 2.75) is 60.1 Å². The minimum absolute atomic E-state index is 0.292. The second-order valence-electron chi connectivity index (χ2n) is 10.6. The molecule has 1 aliphatic rings. The van der Waals surface area contributed by atoms with E-state index in [1.165, 1.54) is 0 Å². The van der Waals surface area contributed by atoms with Crippen molar-refractivity contribution in [2.24, 2.45) is 0 Å². The number of allylic oxidation sites excluding steroid dienone is 1. The summed E-state index contributed by atoms with van der Waals surface area (Å²) in [4.78, 5) is 34.0. The van der Waals surface area contributed by atoms with Gasteiger partial charge in [0.1, 0.15) is 5.60 Å². The summed E-state index contributed by atoms with van der Waals surface area (Å²) in [5.41, 5.74) is 3.46. The van der Waals surface area contributed by atoms with Crippen LogP contribution in [0.25, 0.3) is 15.9 Å². The topological polar surface area (TPSA) is 97.7 Å². The van der Waals surface area contributed by atoms with Crippen LogP contribution in [0, 0.1) is 0 Å². The lowest BCUT2D eigenvalue weighted by Gasteiger charge is -2.26. The molecule has 0 saturated carbocycles. The van der Waals surface area contributed by atoms with E-state index in [2.05, 4.69) is 38.1 Å². The van der Waals surface area contributed by atoms with E-state index < -0.39 is 11.7 Å². The van der Waals surface area contributed by atoms with Crippen LogP contribution in [0.15, 0.2) is 48.8 Å². The van der Waals surface area contributed by atoms with E-state index in [9.17, 15) is 9.59 Å². The number of rotatable bonds is 9. The largest absolute Gasteiger partial charge is 0.444 e. The Balaban J connectivity index is 0.00000237. The highest BCUT2D eigenvalue weighted by Crippen LogP contribution is 2.32. The summed E-state index contributed by atoms with van der Waals surface area (Å²) in [5.74, 6) is -0.292. The van der Waals surface area contributed by atoms with Crippen molar-refractivity contribution in [1.29, 1.82) is 0 Å². The van der Waals surface area contributed by atoms with Gasteiger partial charge >= 0.3 is 6.09 Å². The van der Waals surface area contributed by atoms with Crippen molar-refractivity contribution in [3.8, 4) is 0 Å². The molecule has 3 aromatic rings. The van der Waals surface area contributed by atoms with Gasteiger partial charge in [-0.05, 0) is 69.3 Å². The number of benzene rings is 2. The number of carbonyl (C=O) groups is 2. The summed E-state index contributed by atoms with van der Waals surface area (Å²) in [6, 6.07) is 11.1. The number of hydrogen-bond acceptors (Lipinski definition) is 7. The van der Waals surface area contributed by atoms with Gasteiger partial charge in [0.25, 0.3) is 5.91 Å². The molecule has 2 amide bonds. The van der Waals surface area contributed by atoms with Gasteiger partial charge in [-0.15, -0.1) is 11.8 Å². The molecule has 42 heavy (non-hydrogen) atoms. The summed E-state index contributed by atoms with van der Waals surface area (Å²) in [5, 5.41) is 5.78. The number of nitrogens with zero attached hydrogens (tertiary/aromatic N) is 3. The van der Waals surface area contributed by atoms with Gasteiger partial charge in [0, 0.05) is 36.6 Å². The number of thioether (sulfide) groups is 1. The zero-order valence-corrected chi connectivity index (χ0v) is 26.8. The molecule has 0 radical (unpaired) electrons. The molecule has 0 spiro atoms. The molecule has 2 heterocycles. The summed E-state index contributed by atoms with van der Waals surface area (Å²) in [7, 11) is 0. The third-order valence-electron chi connectivity index (χ3n) is 6.44. The Morgan fingerprint density at radius 1 is 1.02 bits per heavy atom. The first kappa shape index (κ1) is 33.2. The van der Waals surface area contributed by atoms with E-state index in [0.717, 1.165) is 67.3 Å². The minimum atomic E-state index is -0.648. The molecule has 1 aliphatic heterocycles. The van der Waals surface area contributed by atoms with Crippen molar-refractivity contribution in [2.75, 3.05) is 49.7 Å². The monoisotopic (exact) mass is 595 g/mol. The molecule has 0 aliphatic carbocycles. The number of amides is 2. The second kappa shape index (κ2) is 15.8. The van der Waals surface area contributed by atoms with Gasteiger partial charge in [0.15, 0.2) is 0 Å². The van der Waals surface area contributed by atoms with E-state index in [1.807, 2.05) is 44.6 Å². The maximum atomic E-state index is 13.4. The molecule has 0 bridgehead atoms. The molecule has 1 fully saturated rings. The Morgan fingerprint density at radius 3 is 2.40 bits per heavy atom. The normalized spacial score (nSPS) is 14.2. The number of hydrogen-bond donors (Lipinski definition) is 2. The first-order chi connectivity index (χ1) is 20.2. The predicted octanol–water partition coefficient (Wildman–Crippen LogP) is 7.11. The maximum Gasteiger partial charge on any atom is 0.412 e. The highest BCUT2D eigenvalue weighted by molar-refractivity contribution is 8.07. The molecule has 2 aromatic carbocycles. The Labute approximate surface area is 254 Å². The number of aromatic nitrogens is 2. The Kier molecular flexibility index (Phi) is 12.4. The average Bonchev–Trinajstić information content (AvgIpc) is 3.38. The molecule has 0 atom stereocenters. The molecule has 0 unspecified atom stereocenters. The number of carbonyl (C=O) groups excluding carboxylic acids is 2. The third kappa shape index (κ3) is 9.34. The molecule has 4 rings (SSSR count). The first-order valence-corrected chi connectivity index (χ1v) is 15.8. The van der Waals surface area contributed by atoms with Crippen LogP contribution in [-0.2, 0) is 16.0 Å². The van der Waals surface area contributed by atoms with Crippen LogP contribution in [0.2, 0.25) is 0 Å². The van der Waals surface area contributed by atoms with Gasteiger partial charge < -0.3 is 19.4 Å². The molecular weight excluding hydrogens is 550 g/mol. The van der Waals surface area contributed by atoms with Crippen LogP contribution in [0.5, 0.6) is 0 Å². The van der Waals surface area contributed by atoms with Crippen molar-refractivity contribution >= 4 is 51.1 Å². The third-order valence-corrected chi connectivity index (χ3v) is 7.28. The van der Waals surface area contributed by atoms with Crippen LogP contribution in [0.3, 0.4) is 0 Å². The van der Waals surface area contributed by atoms with Crippen LogP contribution in [0.1, 0.15) is 63.9 Å². The standard InChI is InChI=1S/C30H39N5O4S.C2H6/c1-6-7-27(40-5)21-8-10-23(33-29(37)39-30(2,3)4)24(18-21)32-28(36)22-9-11-26-25(19-22)31-20-35(26)13-12-34-14-16-38-17-15-34;1-2/h7-11,18-20H,6,12-17H2,1-5H3,(H,32,36)(H,33,37);1-2H3/b27-7-;. The number of anilines is 2. The number of imidazole rings is 1. The van der Waals surface area contributed by atoms with Gasteiger partial charge in [-0.3, -0.25) is 15.0 Å². The lowest BCUT2D eigenvalue weighted by atomic mass is 10.1. The van der Waals surface area contributed by atoms with E-state index >= 15 is 0 Å². The number of ether oxygens (including phenoxy) is 2. The number of fused-ring (bicyclic) bond motifs is 1. The van der Waals surface area contributed by atoms with E-state index in [0.29, 0.717) is 16.9 Å². The predicted molar refractivity (Wildman–Crippen MR) is 174 cm³/mol. The fourth-order valence-electron chi connectivity index (χ4n) is 4.48. The average molecular weight is 596 g/mol. The Morgan fingerprint density at radius 2 is 1.74 bits per heavy atom. The second-order valence-corrected chi connectivity index (χ2v) is 11.5. The zero-order chi connectivity index (χ0) is 30.7. The SMILES string of the molecule is CC.CC/C=C(\SC)c1ccc(NC(=O)OC(C)(C)C)c(NC(=O)c2ccc3c(c2)ncn3CCN2CCOCC2)c1. The zero-order valence-electron chi connectivity index (χ0n) is 26.0. The van der Waals surface area contributed by atoms with Crippen molar-refractivity contribution in [3.05, 3.63) is 59.9 Å². The van der Waals surface area contributed by atoms with Gasteiger partial charge in [-0.25, -0.2) is 9.78 Å². The molecule has 1 saturated heterocycles. The Hall–Kier alpha value is -3.34. The van der Waals surface area contributed by atoms with E-state index in [1.54, 1.807) is 50.7 Å². The lowest BCUT2D eigenvalue weighted by molar-refractivity contribution is 0.0365. The number of morpholine rings is 1. The summed E-state index contributed by atoms with van der Waals surface area (Å²) >= 11 is 1.63. The molecule has 10 heteroatoms. The fourth-order valence-corrected chi connectivity index (χ4v) is 5.18. The molecular formula is C32H45N5O4S. The van der Waals surface area contributed by atoms with Crippen molar-refractivity contribution in [1.82, 2.24) is 14.5 Å². The molecule has 9 nitrogen and oxygen atoms in total.